The summed E-state index contributed by atoms with van der Waals surface area (Å²) in [5.41, 5.74) is 4.40. The van der Waals surface area contributed by atoms with E-state index in [1.807, 2.05) is 106 Å². The van der Waals surface area contributed by atoms with Gasteiger partial charge in [-0.05, 0) is 141 Å². The maximum Gasteiger partial charge on any atom is 0.416 e. The van der Waals surface area contributed by atoms with Crippen LogP contribution in [-0.2, 0) is 36.2 Å². The van der Waals surface area contributed by atoms with Gasteiger partial charge >= 0.3 is 6.18 Å². The van der Waals surface area contributed by atoms with Gasteiger partial charge < -0.3 is 16.0 Å². The van der Waals surface area contributed by atoms with Crippen LogP contribution in [0.1, 0.15) is 98.4 Å². The minimum atomic E-state index is -4.45. The van der Waals surface area contributed by atoms with Crippen LogP contribution in [-0.4, -0.2) is 47.3 Å². The molecule has 322 valence electrons. The van der Waals surface area contributed by atoms with Crippen LogP contribution >= 0.6 is 11.6 Å². The fourth-order valence-electron chi connectivity index (χ4n) is 5.99. The summed E-state index contributed by atoms with van der Waals surface area (Å²) in [5, 5.41) is 1.92. The summed E-state index contributed by atoms with van der Waals surface area (Å²) in [4.78, 5) is 51.9. The number of nitrogens with two attached hydrogens (primary N) is 1. The van der Waals surface area contributed by atoms with Crippen LogP contribution in [0.4, 0.5) is 24.5 Å². The number of ketones is 2. The van der Waals surface area contributed by atoms with Gasteiger partial charge in [0.15, 0.2) is 11.6 Å². The maximum atomic E-state index is 13.1. The highest BCUT2D eigenvalue weighted by Crippen LogP contribution is 2.36. The normalized spacial score (nSPS) is 11.7. The van der Waals surface area contributed by atoms with Crippen molar-refractivity contribution in [3.05, 3.63) is 131 Å². The zero-order valence-electron chi connectivity index (χ0n) is 36.7. The first-order valence-corrected chi connectivity index (χ1v) is 20.0. The van der Waals surface area contributed by atoms with Crippen molar-refractivity contribution in [2.45, 2.75) is 100 Å². The summed E-state index contributed by atoms with van der Waals surface area (Å²) in [6.07, 6.45) is -4.45. The first-order valence-electron chi connectivity index (χ1n) is 19.6. The molecule has 3 N–H and O–H groups in total. The van der Waals surface area contributed by atoms with Crippen molar-refractivity contribution < 1.29 is 32.3 Å². The zero-order chi connectivity index (χ0) is 45.4. The number of nitrogen functional groups attached to an aromatic ring is 1. The number of nitrogens with zero attached hydrogens (tertiary/aromatic N) is 1. The molecular weight excluding hydrogens is 775 g/mol. The first-order chi connectivity index (χ1) is 27.2. The molecule has 59 heavy (non-hydrogen) atoms. The molecule has 0 aliphatic rings. The van der Waals surface area contributed by atoms with E-state index >= 15 is 0 Å². The third kappa shape index (κ3) is 15.4. The number of hydrogen-bond acceptors (Lipinski definition) is 6. The van der Waals surface area contributed by atoms with Gasteiger partial charge in [0, 0.05) is 22.2 Å². The molecule has 0 atom stereocenters. The number of halogens is 4. The molecule has 0 heterocycles. The van der Waals surface area contributed by atoms with Crippen LogP contribution in [0.3, 0.4) is 0 Å². The number of anilines is 2. The minimum absolute atomic E-state index is 0.170. The largest absolute Gasteiger partial charge is 0.416 e. The van der Waals surface area contributed by atoms with Crippen molar-refractivity contribution in [1.29, 1.82) is 0 Å². The van der Waals surface area contributed by atoms with Gasteiger partial charge in [-0.2, -0.15) is 13.2 Å². The molecule has 0 radical (unpaired) electrons. The van der Waals surface area contributed by atoms with E-state index in [0.717, 1.165) is 28.9 Å². The van der Waals surface area contributed by atoms with E-state index in [2.05, 4.69) is 31.0 Å². The number of carbonyl (C=O) groups is 4. The standard InChI is InChI=1S/C21H22F3NO2.C14H17ClO2.C7H9N.C6H15N/c1-19(2,14-8-6-5-7-9-14)17(26)20(3,4)18(27)25-16-12-10-15(11-13-16)21(22,23)24;1-13(2,10-8-6-5-7-9-10)11(16)14(3,4)12(15)17;1-6-2-4-7(8)5-3-6;1-4-7(5-2)6-3/h5-13H,1-4H3,(H,25,27);5-9H,1-4H3;2-5H,8H2,1H3;4-6H2,1-3H3. The van der Waals surface area contributed by atoms with Crippen LogP contribution in [0.25, 0.3) is 0 Å². The van der Waals surface area contributed by atoms with Crippen molar-refractivity contribution in [2.24, 2.45) is 10.8 Å². The summed E-state index contributed by atoms with van der Waals surface area (Å²) in [6.45, 7) is 25.4. The third-order valence-corrected chi connectivity index (χ3v) is 10.7. The smallest absolute Gasteiger partial charge is 0.399 e. The van der Waals surface area contributed by atoms with Crippen LogP contribution in [0.5, 0.6) is 0 Å². The lowest BCUT2D eigenvalue weighted by atomic mass is 9.69. The minimum Gasteiger partial charge on any atom is -0.399 e. The van der Waals surface area contributed by atoms with Crippen LogP contribution < -0.4 is 11.1 Å². The number of nitrogens with one attached hydrogen (secondary N) is 1. The molecular formula is C48H63ClF3N3O4. The van der Waals surface area contributed by atoms with Gasteiger partial charge in [0.05, 0.1) is 11.0 Å². The van der Waals surface area contributed by atoms with Gasteiger partial charge in [-0.25, -0.2) is 0 Å². The SMILES string of the molecule is CC(C)(C(=O)Cl)C(=O)C(C)(C)c1ccccc1.CC(C)(C(=O)Nc1ccc(C(F)(F)F)cc1)C(=O)C(C)(C)c1ccccc1.CCN(CC)CC.Cc1ccc(N)cc1. The predicted octanol–water partition coefficient (Wildman–Crippen LogP) is 11.5. The highest BCUT2D eigenvalue weighted by atomic mass is 35.5. The molecule has 7 nitrogen and oxygen atoms in total. The Kier molecular flexibility index (Phi) is 19.9. The van der Waals surface area contributed by atoms with Crippen molar-refractivity contribution >= 4 is 45.7 Å². The molecule has 0 fully saturated rings. The second-order valence-corrected chi connectivity index (χ2v) is 16.6. The molecule has 11 heteroatoms. The van der Waals surface area contributed by atoms with E-state index in [9.17, 15) is 32.3 Å². The van der Waals surface area contributed by atoms with Crippen molar-refractivity contribution in [1.82, 2.24) is 4.90 Å². The second kappa shape index (κ2) is 22.5. The van der Waals surface area contributed by atoms with Gasteiger partial charge in [0.25, 0.3) is 0 Å². The van der Waals surface area contributed by atoms with Crippen LogP contribution in [0, 0.1) is 17.8 Å². The lowest BCUT2D eigenvalue weighted by Gasteiger charge is -2.32. The highest BCUT2D eigenvalue weighted by molar-refractivity contribution is 6.66. The van der Waals surface area contributed by atoms with Gasteiger partial charge in [-0.1, -0.05) is 99.1 Å². The summed E-state index contributed by atoms with van der Waals surface area (Å²) in [7, 11) is 0. The number of amides is 1. The number of Topliss-reactive ketones (excluding diaryl/α,β-unsaturated/α-hetero) is 2. The Morgan fingerprint density at radius 1 is 0.576 bits per heavy atom. The quantitative estimate of drug-likeness (QED) is 0.0835. The summed E-state index contributed by atoms with van der Waals surface area (Å²) in [6, 6.07) is 30.4. The molecule has 0 spiro atoms. The second-order valence-electron chi connectivity index (χ2n) is 16.2. The molecule has 1 amide bonds. The van der Waals surface area contributed by atoms with Gasteiger partial charge in [-0.15, -0.1) is 0 Å². The molecule has 4 aromatic carbocycles. The highest BCUT2D eigenvalue weighted by Gasteiger charge is 2.45. The monoisotopic (exact) mass is 837 g/mol. The van der Waals surface area contributed by atoms with E-state index in [0.29, 0.717) is 0 Å². The first kappa shape index (κ1) is 52.2. The fraction of sp³-hybridized carbons (Fsp3) is 0.417. The molecule has 0 saturated carbocycles. The van der Waals surface area contributed by atoms with Crippen molar-refractivity contribution in [2.75, 3.05) is 30.7 Å². The fourth-order valence-corrected chi connectivity index (χ4v) is 6.08. The number of aryl methyl sites for hydroxylation is 1. The molecule has 0 aliphatic heterocycles. The Hall–Kier alpha value is -4.80. The average Bonchev–Trinajstić information content (AvgIpc) is 3.20. The number of benzene rings is 4. The molecule has 0 bridgehead atoms. The molecule has 0 unspecified atom stereocenters. The lowest BCUT2D eigenvalue weighted by Crippen LogP contribution is -2.46. The Balaban J connectivity index is 0.000000458. The van der Waals surface area contributed by atoms with E-state index in [4.69, 9.17) is 17.3 Å². The number of rotatable bonds is 12. The number of carbonyl (C=O) groups excluding carboxylic acids is 4. The molecule has 0 aromatic heterocycles. The zero-order valence-corrected chi connectivity index (χ0v) is 37.4. The topological polar surface area (TPSA) is 110 Å². The molecule has 0 saturated heterocycles. The van der Waals surface area contributed by atoms with E-state index in [1.165, 1.54) is 51.2 Å². The molecule has 4 aromatic rings. The molecule has 0 aliphatic carbocycles. The Morgan fingerprint density at radius 2 is 0.949 bits per heavy atom. The van der Waals surface area contributed by atoms with Crippen molar-refractivity contribution in [3.8, 4) is 0 Å². The summed E-state index contributed by atoms with van der Waals surface area (Å²) < 4.78 is 37.9. The molecule has 4 rings (SSSR count). The van der Waals surface area contributed by atoms with E-state index in [1.54, 1.807) is 27.7 Å². The maximum absolute atomic E-state index is 13.1. The van der Waals surface area contributed by atoms with Gasteiger partial charge in [0.2, 0.25) is 11.1 Å². The van der Waals surface area contributed by atoms with Crippen molar-refractivity contribution in [3.63, 3.8) is 0 Å². The number of hydrogen-bond donors (Lipinski definition) is 2. The summed E-state index contributed by atoms with van der Waals surface area (Å²) >= 11 is 5.50. The van der Waals surface area contributed by atoms with Crippen LogP contribution in [0.2, 0.25) is 0 Å². The van der Waals surface area contributed by atoms with Gasteiger partial charge in [-0.3, -0.25) is 19.2 Å². The average molecular weight is 838 g/mol. The van der Waals surface area contributed by atoms with E-state index in [-0.39, 0.29) is 17.3 Å². The Bertz CT molecular complexity index is 1900. The lowest BCUT2D eigenvalue weighted by molar-refractivity contribution is -0.140. The number of alkyl halides is 3. The Morgan fingerprint density at radius 3 is 1.25 bits per heavy atom. The van der Waals surface area contributed by atoms with E-state index < -0.39 is 44.5 Å². The Labute approximate surface area is 354 Å². The predicted molar refractivity (Wildman–Crippen MR) is 236 cm³/mol. The van der Waals surface area contributed by atoms with Gasteiger partial charge in [0.1, 0.15) is 5.41 Å². The van der Waals surface area contributed by atoms with Crippen LogP contribution in [0.15, 0.2) is 109 Å². The summed E-state index contributed by atoms with van der Waals surface area (Å²) in [5.74, 6) is -1.03. The third-order valence-electron chi connectivity index (χ3n) is 10.2.